The van der Waals surface area contributed by atoms with E-state index in [1.165, 1.54) is 0 Å². The molecule has 1 aliphatic carbocycles. The van der Waals surface area contributed by atoms with Crippen molar-refractivity contribution < 1.29 is 23.5 Å². The minimum absolute atomic E-state index is 0.0106. The molecule has 0 spiro atoms. The van der Waals surface area contributed by atoms with Crippen molar-refractivity contribution in [2.45, 2.75) is 6.42 Å². The third-order valence-electron chi connectivity index (χ3n) is 2.57. The van der Waals surface area contributed by atoms with Crippen molar-refractivity contribution in [3.63, 3.8) is 0 Å². The van der Waals surface area contributed by atoms with E-state index < -0.39 is 35.3 Å². The van der Waals surface area contributed by atoms with Crippen molar-refractivity contribution in [3.05, 3.63) is 29.8 Å². The monoisotopic (exact) mass is 241 g/mol. The molecule has 2 atom stereocenters. The Balaban J connectivity index is 2.02. The van der Waals surface area contributed by atoms with Gasteiger partial charge >= 0.3 is 5.97 Å². The van der Waals surface area contributed by atoms with E-state index in [-0.39, 0.29) is 12.1 Å². The van der Waals surface area contributed by atoms with Gasteiger partial charge in [0, 0.05) is 11.8 Å². The van der Waals surface area contributed by atoms with E-state index in [1.54, 1.807) is 0 Å². The highest BCUT2D eigenvalue weighted by molar-refractivity contribution is 5.98. The second-order valence-electron chi connectivity index (χ2n) is 3.93. The molecular formula is C11H9F2NO3. The Morgan fingerprint density at radius 3 is 2.24 bits per heavy atom. The van der Waals surface area contributed by atoms with Gasteiger partial charge in [-0.25, -0.2) is 8.78 Å². The largest absolute Gasteiger partial charge is 0.481 e. The third kappa shape index (κ3) is 2.58. The Morgan fingerprint density at radius 2 is 1.76 bits per heavy atom. The number of amides is 1. The molecule has 1 aromatic carbocycles. The van der Waals surface area contributed by atoms with Crippen LogP contribution in [0.4, 0.5) is 14.5 Å². The molecule has 1 aliphatic rings. The van der Waals surface area contributed by atoms with Crippen molar-refractivity contribution in [2.75, 3.05) is 5.32 Å². The first-order valence-electron chi connectivity index (χ1n) is 4.97. The predicted molar refractivity (Wildman–Crippen MR) is 54.2 cm³/mol. The number of hydrogen-bond donors (Lipinski definition) is 2. The van der Waals surface area contributed by atoms with Gasteiger partial charge in [0.05, 0.1) is 11.8 Å². The molecule has 2 N–H and O–H groups in total. The molecule has 0 unspecified atom stereocenters. The first-order chi connectivity index (χ1) is 7.97. The lowest BCUT2D eigenvalue weighted by molar-refractivity contribution is -0.139. The van der Waals surface area contributed by atoms with Gasteiger partial charge < -0.3 is 10.4 Å². The molecule has 0 aromatic heterocycles. The Morgan fingerprint density at radius 1 is 1.18 bits per heavy atom. The van der Waals surface area contributed by atoms with Crippen molar-refractivity contribution in [1.82, 2.24) is 0 Å². The van der Waals surface area contributed by atoms with Gasteiger partial charge in [-0.05, 0) is 18.6 Å². The van der Waals surface area contributed by atoms with Gasteiger partial charge in [0.25, 0.3) is 0 Å². The van der Waals surface area contributed by atoms with Gasteiger partial charge in [-0.15, -0.1) is 0 Å². The second-order valence-corrected chi connectivity index (χ2v) is 3.93. The maximum Gasteiger partial charge on any atom is 0.307 e. The number of carbonyl (C=O) groups excluding carboxylic acids is 1. The first-order valence-corrected chi connectivity index (χ1v) is 4.97. The van der Waals surface area contributed by atoms with E-state index in [9.17, 15) is 18.4 Å². The van der Waals surface area contributed by atoms with Gasteiger partial charge in [-0.1, -0.05) is 0 Å². The lowest BCUT2D eigenvalue weighted by atomic mass is 10.2. The SMILES string of the molecule is O=C(O)[C@H]1C[C@H]1C(=O)Nc1cc(F)cc(F)c1. The van der Waals surface area contributed by atoms with Crippen molar-refractivity contribution in [1.29, 1.82) is 0 Å². The van der Waals surface area contributed by atoms with Crippen LogP contribution in [-0.2, 0) is 9.59 Å². The predicted octanol–water partition coefficient (Wildman–Crippen LogP) is 1.62. The standard InChI is InChI=1S/C11H9F2NO3/c12-5-1-6(13)3-7(2-5)14-10(15)8-4-9(8)11(16)17/h1-3,8-9H,4H2,(H,14,15)(H,16,17)/t8-,9+/m1/s1. The molecule has 17 heavy (non-hydrogen) atoms. The number of halogens is 2. The van der Waals surface area contributed by atoms with Gasteiger partial charge in [0.15, 0.2) is 0 Å². The van der Waals surface area contributed by atoms with E-state index in [0.29, 0.717) is 6.07 Å². The summed E-state index contributed by atoms with van der Waals surface area (Å²) in [6, 6.07) is 2.63. The van der Waals surface area contributed by atoms with Crippen LogP contribution in [0.5, 0.6) is 0 Å². The van der Waals surface area contributed by atoms with Crippen molar-refractivity contribution in [2.24, 2.45) is 11.8 Å². The molecule has 0 radical (unpaired) electrons. The number of nitrogens with one attached hydrogen (secondary N) is 1. The average Bonchev–Trinajstić information content (AvgIpc) is 2.94. The molecule has 0 aliphatic heterocycles. The Hall–Kier alpha value is -1.98. The van der Waals surface area contributed by atoms with Crippen LogP contribution < -0.4 is 5.32 Å². The van der Waals surface area contributed by atoms with E-state index in [0.717, 1.165) is 12.1 Å². The fraction of sp³-hybridized carbons (Fsp3) is 0.273. The number of carboxylic acids is 1. The number of aliphatic carboxylic acids is 1. The fourth-order valence-corrected chi connectivity index (χ4v) is 1.62. The van der Waals surface area contributed by atoms with E-state index in [2.05, 4.69) is 5.32 Å². The maximum absolute atomic E-state index is 12.8. The molecule has 1 saturated carbocycles. The van der Waals surface area contributed by atoms with Gasteiger partial charge in [-0.2, -0.15) is 0 Å². The Bertz CT molecular complexity index is 469. The quantitative estimate of drug-likeness (QED) is 0.845. The summed E-state index contributed by atoms with van der Waals surface area (Å²) in [4.78, 5) is 22.0. The van der Waals surface area contributed by atoms with Crippen LogP contribution >= 0.6 is 0 Å². The first kappa shape index (κ1) is 11.5. The van der Waals surface area contributed by atoms with Crippen LogP contribution in [0.3, 0.4) is 0 Å². The minimum Gasteiger partial charge on any atom is -0.481 e. The molecule has 1 amide bonds. The smallest absolute Gasteiger partial charge is 0.307 e. The molecule has 6 heteroatoms. The molecule has 0 bridgehead atoms. The van der Waals surface area contributed by atoms with Crippen LogP contribution in [0, 0.1) is 23.5 Å². The zero-order valence-corrected chi connectivity index (χ0v) is 8.61. The van der Waals surface area contributed by atoms with Crippen molar-refractivity contribution in [3.8, 4) is 0 Å². The number of hydrogen-bond acceptors (Lipinski definition) is 2. The Labute approximate surface area is 95.2 Å². The molecule has 1 aromatic rings. The summed E-state index contributed by atoms with van der Waals surface area (Å²) in [5.41, 5.74) is -0.0106. The number of carboxylic acid groups (broad SMARTS) is 1. The summed E-state index contributed by atoms with van der Waals surface area (Å²) in [6.07, 6.45) is 0.263. The lowest BCUT2D eigenvalue weighted by Gasteiger charge is -2.04. The van der Waals surface area contributed by atoms with E-state index in [1.807, 2.05) is 0 Å². The Kier molecular flexibility index (Phi) is 2.79. The highest BCUT2D eigenvalue weighted by Gasteiger charge is 2.48. The summed E-state index contributed by atoms with van der Waals surface area (Å²) in [7, 11) is 0. The van der Waals surface area contributed by atoms with E-state index in [4.69, 9.17) is 5.11 Å². The molecule has 1 fully saturated rings. The van der Waals surface area contributed by atoms with Gasteiger partial charge in [0.2, 0.25) is 5.91 Å². The maximum atomic E-state index is 12.8. The topological polar surface area (TPSA) is 66.4 Å². The number of benzene rings is 1. The van der Waals surface area contributed by atoms with Gasteiger partial charge in [0.1, 0.15) is 11.6 Å². The fourth-order valence-electron chi connectivity index (χ4n) is 1.62. The second kappa shape index (κ2) is 4.12. The van der Waals surface area contributed by atoms with Crippen molar-refractivity contribution >= 4 is 17.6 Å². The molecule has 4 nitrogen and oxygen atoms in total. The summed E-state index contributed by atoms with van der Waals surface area (Å²) >= 11 is 0. The summed E-state index contributed by atoms with van der Waals surface area (Å²) in [5, 5.41) is 10.9. The van der Waals surface area contributed by atoms with Crippen LogP contribution in [0.1, 0.15) is 6.42 Å². The van der Waals surface area contributed by atoms with Crippen LogP contribution in [-0.4, -0.2) is 17.0 Å². The lowest BCUT2D eigenvalue weighted by Crippen LogP contribution is -2.17. The number of carbonyl (C=O) groups is 2. The molecular weight excluding hydrogens is 232 g/mol. The highest BCUT2D eigenvalue weighted by Crippen LogP contribution is 2.39. The number of anilines is 1. The van der Waals surface area contributed by atoms with Crippen LogP contribution in [0.15, 0.2) is 18.2 Å². The molecule has 90 valence electrons. The number of rotatable bonds is 3. The van der Waals surface area contributed by atoms with Crippen LogP contribution in [0.25, 0.3) is 0 Å². The van der Waals surface area contributed by atoms with E-state index >= 15 is 0 Å². The normalized spacial score (nSPS) is 22.0. The summed E-state index contributed by atoms with van der Waals surface area (Å²) in [5.74, 6) is -4.46. The minimum atomic E-state index is -1.03. The van der Waals surface area contributed by atoms with Crippen LogP contribution in [0.2, 0.25) is 0 Å². The van der Waals surface area contributed by atoms with Gasteiger partial charge in [-0.3, -0.25) is 9.59 Å². The third-order valence-corrected chi connectivity index (χ3v) is 2.57. The average molecular weight is 241 g/mol. The highest BCUT2D eigenvalue weighted by atomic mass is 19.1. The summed E-state index contributed by atoms with van der Waals surface area (Å²) < 4.78 is 25.6. The molecule has 0 saturated heterocycles. The summed E-state index contributed by atoms with van der Waals surface area (Å²) in [6.45, 7) is 0. The molecule has 2 rings (SSSR count). The zero-order chi connectivity index (χ0) is 12.6. The zero-order valence-electron chi connectivity index (χ0n) is 8.61. The molecule has 0 heterocycles.